The number of ether oxygens (including phenoxy) is 1. The van der Waals surface area contributed by atoms with E-state index < -0.39 is 0 Å². The molecule has 0 radical (unpaired) electrons. The van der Waals surface area contributed by atoms with E-state index in [1.54, 1.807) is 36.3 Å². The lowest BCUT2D eigenvalue weighted by Crippen LogP contribution is -2.26. The maximum absolute atomic E-state index is 12.5. The van der Waals surface area contributed by atoms with Gasteiger partial charge < -0.3 is 9.64 Å². The Kier molecular flexibility index (Phi) is 5.26. The SMILES string of the molecule is CN(Cc1ccc(Cl)nc1)C(=O)c1ccc(Oc2ccccc2)nc1. The fourth-order valence-corrected chi connectivity index (χ4v) is 2.35. The molecule has 0 aliphatic rings. The molecule has 1 amide bonds. The van der Waals surface area contributed by atoms with Crippen molar-refractivity contribution in [2.75, 3.05) is 7.05 Å². The first-order chi connectivity index (χ1) is 12.1. The van der Waals surface area contributed by atoms with Gasteiger partial charge in [0.2, 0.25) is 5.88 Å². The van der Waals surface area contributed by atoms with Crippen molar-refractivity contribution in [1.29, 1.82) is 0 Å². The molecule has 2 aromatic heterocycles. The Labute approximate surface area is 150 Å². The van der Waals surface area contributed by atoms with E-state index in [0.717, 1.165) is 5.56 Å². The highest BCUT2D eigenvalue weighted by molar-refractivity contribution is 6.29. The van der Waals surface area contributed by atoms with Crippen LogP contribution in [0.25, 0.3) is 0 Å². The minimum atomic E-state index is -0.131. The van der Waals surface area contributed by atoms with Gasteiger partial charge in [-0.2, -0.15) is 0 Å². The summed E-state index contributed by atoms with van der Waals surface area (Å²) in [6.07, 6.45) is 3.17. The number of aromatic nitrogens is 2. The van der Waals surface area contributed by atoms with Crippen LogP contribution in [0.15, 0.2) is 67.0 Å². The fraction of sp³-hybridized carbons (Fsp3) is 0.105. The van der Waals surface area contributed by atoms with Gasteiger partial charge in [-0.3, -0.25) is 4.79 Å². The van der Waals surface area contributed by atoms with Crippen molar-refractivity contribution in [1.82, 2.24) is 14.9 Å². The molecular weight excluding hydrogens is 338 g/mol. The summed E-state index contributed by atoms with van der Waals surface area (Å²) in [5, 5.41) is 0.427. The van der Waals surface area contributed by atoms with Gasteiger partial charge in [0, 0.05) is 32.1 Å². The van der Waals surface area contributed by atoms with Gasteiger partial charge in [0.15, 0.2) is 0 Å². The van der Waals surface area contributed by atoms with E-state index in [1.165, 1.54) is 6.20 Å². The molecule has 0 saturated carbocycles. The van der Waals surface area contributed by atoms with Gasteiger partial charge in [-0.1, -0.05) is 35.9 Å². The summed E-state index contributed by atoms with van der Waals surface area (Å²) in [7, 11) is 1.73. The number of carbonyl (C=O) groups excluding carboxylic acids is 1. The number of halogens is 1. The molecule has 0 spiro atoms. The molecule has 0 aliphatic carbocycles. The molecule has 0 fully saturated rings. The van der Waals surface area contributed by atoms with Crippen molar-refractivity contribution in [3.05, 3.63) is 83.3 Å². The van der Waals surface area contributed by atoms with Crippen LogP contribution in [0.4, 0.5) is 0 Å². The first-order valence-corrected chi connectivity index (χ1v) is 8.04. The van der Waals surface area contributed by atoms with Crippen molar-refractivity contribution in [3.63, 3.8) is 0 Å². The largest absolute Gasteiger partial charge is 0.439 e. The topological polar surface area (TPSA) is 55.3 Å². The maximum Gasteiger partial charge on any atom is 0.255 e. The molecule has 0 N–H and O–H groups in total. The molecule has 3 rings (SSSR count). The summed E-state index contributed by atoms with van der Waals surface area (Å²) >= 11 is 5.77. The fourth-order valence-electron chi connectivity index (χ4n) is 2.24. The van der Waals surface area contributed by atoms with Gasteiger partial charge in [-0.25, -0.2) is 9.97 Å². The standard InChI is InChI=1S/C19H16ClN3O2/c1-23(13-14-7-9-17(20)21-11-14)19(24)15-8-10-18(22-12-15)25-16-5-3-2-4-6-16/h2-12H,13H2,1H3. The zero-order valence-electron chi connectivity index (χ0n) is 13.6. The van der Waals surface area contributed by atoms with Crippen molar-refractivity contribution in [2.45, 2.75) is 6.54 Å². The lowest BCUT2D eigenvalue weighted by molar-refractivity contribution is 0.0784. The minimum Gasteiger partial charge on any atom is -0.439 e. The third-order valence-corrected chi connectivity index (χ3v) is 3.73. The Balaban J connectivity index is 1.64. The van der Waals surface area contributed by atoms with Gasteiger partial charge in [-0.15, -0.1) is 0 Å². The Hall–Kier alpha value is -2.92. The van der Waals surface area contributed by atoms with Gasteiger partial charge >= 0.3 is 0 Å². The summed E-state index contributed by atoms with van der Waals surface area (Å²) in [5.74, 6) is 1.00. The number of hydrogen-bond donors (Lipinski definition) is 0. The second-order valence-electron chi connectivity index (χ2n) is 5.45. The van der Waals surface area contributed by atoms with Gasteiger partial charge in [0.25, 0.3) is 5.91 Å². The average Bonchev–Trinajstić information content (AvgIpc) is 2.64. The first-order valence-electron chi connectivity index (χ1n) is 7.66. The normalized spacial score (nSPS) is 10.3. The van der Waals surface area contributed by atoms with E-state index in [0.29, 0.717) is 28.9 Å². The quantitative estimate of drug-likeness (QED) is 0.645. The molecule has 126 valence electrons. The molecule has 2 heterocycles. The van der Waals surface area contributed by atoms with Crippen molar-refractivity contribution < 1.29 is 9.53 Å². The van der Waals surface area contributed by atoms with Crippen LogP contribution in [-0.4, -0.2) is 27.8 Å². The van der Waals surface area contributed by atoms with E-state index in [1.807, 2.05) is 36.4 Å². The van der Waals surface area contributed by atoms with Crippen LogP contribution in [-0.2, 0) is 6.54 Å². The lowest BCUT2D eigenvalue weighted by atomic mass is 10.2. The van der Waals surface area contributed by atoms with E-state index >= 15 is 0 Å². The number of para-hydroxylation sites is 1. The van der Waals surface area contributed by atoms with Crippen molar-refractivity contribution in [2.24, 2.45) is 0 Å². The number of rotatable bonds is 5. The van der Waals surface area contributed by atoms with Gasteiger partial charge in [-0.05, 0) is 29.8 Å². The van der Waals surface area contributed by atoms with Gasteiger partial charge in [0.05, 0.1) is 5.56 Å². The van der Waals surface area contributed by atoms with Crippen LogP contribution in [0, 0.1) is 0 Å². The molecule has 1 aromatic carbocycles. The molecule has 0 atom stereocenters. The van der Waals surface area contributed by atoms with Crippen LogP contribution >= 0.6 is 11.6 Å². The number of hydrogen-bond acceptors (Lipinski definition) is 4. The summed E-state index contributed by atoms with van der Waals surface area (Å²) in [6, 6.07) is 16.3. The predicted octanol–water partition coefficient (Wildman–Crippen LogP) is 4.19. The Morgan fingerprint density at radius 3 is 2.48 bits per heavy atom. The predicted molar refractivity (Wildman–Crippen MR) is 95.8 cm³/mol. The van der Waals surface area contributed by atoms with Crippen LogP contribution in [0.1, 0.15) is 15.9 Å². The maximum atomic E-state index is 12.5. The number of pyridine rings is 2. The van der Waals surface area contributed by atoms with Crippen molar-refractivity contribution >= 4 is 17.5 Å². The van der Waals surface area contributed by atoms with Crippen LogP contribution in [0.3, 0.4) is 0 Å². The number of benzene rings is 1. The summed E-state index contributed by atoms with van der Waals surface area (Å²) in [5.41, 5.74) is 1.39. The molecule has 5 nitrogen and oxygen atoms in total. The van der Waals surface area contributed by atoms with Crippen LogP contribution in [0.5, 0.6) is 11.6 Å². The molecule has 0 aliphatic heterocycles. The summed E-state index contributed by atoms with van der Waals surface area (Å²) < 4.78 is 5.62. The molecule has 6 heteroatoms. The molecule has 0 bridgehead atoms. The molecule has 0 saturated heterocycles. The third-order valence-electron chi connectivity index (χ3n) is 3.50. The third kappa shape index (κ3) is 4.55. The first kappa shape index (κ1) is 16.9. The molecule has 3 aromatic rings. The van der Waals surface area contributed by atoms with Gasteiger partial charge in [0.1, 0.15) is 10.9 Å². The second-order valence-corrected chi connectivity index (χ2v) is 5.84. The highest BCUT2D eigenvalue weighted by Crippen LogP contribution is 2.19. The summed E-state index contributed by atoms with van der Waals surface area (Å²) in [6.45, 7) is 0.436. The zero-order valence-corrected chi connectivity index (χ0v) is 14.3. The number of carbonyl (C=O) groups is 1. The average molecular weight is 354 g/mol. The molecule has 25 heavy (non-hydrogen) atoms. The Bertz CT molecular complexity index is 837. The lowest BCUT2D eigenvalue weighted by Gasteiger charge is -2.17. The smallest absolute Gasteiger partial charge is 0.255 e. The zero-order chi connectivity index (χ0) is 17.6. The van der Waals surface area contributed by atoms with Crippen LogP contribution < -0.4 is 4.74 Å². The van der Waals surface area contributed by atoms with E-state index in [4.69, 9.17) is 16.3 Å². The van der Waals surface area contributed by atoms with Crippen LogP contribution in [0.2, 0.25) is 5.15 Å². The number of nitrogens with zero attached hydrogens (tertiary/aromatic N) is 3. The van der Waals surface area contributed by atoms with E-state index in [-0.39, 0.29) is 5.91 Å². The monoisotopic (exact) mass is 353 g/mol. The minimum absolute atomic E-state index is 0.131. The highest BCUT2D eigenvalue weighted by Gasteiger charge is 2.13. The highest BCUT2D eigenvalue weighted by atomic mass is 35.5. The van der Waals surface area contributed by atoms with Crippen molar-refractivity contribution in [3.8, 4) is 11.6 Å². The second kappa shape index (κ2) is 7.77. The molecule has 0 unspecified atom stereocenters. The molecular formula is C19H16ClN3O2. The van der Waals surface area contributed by atoms with E-state index in [2.05, 4.69) is 9.97 Å². The Morgan fingerprint density at radius 1 is 1.04 bits per heavy atom. The summed E-state index contributed by atoms with van der Waals surface area (Å²) in [4.78, 5) is 22.3. The van der Waals surface area contributed by atoms with E-state index in [9.17, 15) is 4.79 Å². The number of amides is 1. The Morgan fingerprint density at radius 2 is 1.84 bits per heavy atom.